The number of hydrogen-bond acceptors (Lipinski definition) is 14. The molecule has 0 aromatic heterocycles. The molecule has 0 saturated carbocycles. The monoisotopic (exact) mass is 1040 g/mol. The number of nitrogens with zero attached hydrogens (tertiary/aromatic N) is 3. The zero-order valence-corrected chi connectivity index (χ0v) is 45.7. The van der Waals surface area contributed by atoms with Gasteiger partial charge in [-0.05, 0) is 80.9 Å². The number of amides is 6. The van der Waals surface area contributed by atoms with Gasteiger partial charge in [0.25, 0.3) is 0 Å². The van der Waals surface area contributed by atoms with E-state index in [-0.39, 0.29) is 50.0 Å². The fourth-order valence-corrected chi connectivity index (χ4v) is 9.61. The first-order valence-corrected chi connectivity index (χ1v) is 26.2. The van der Waals surface area contributed by atoms with Crippen molar-refractivity contribution in [1.29, 1.82) is 0 Å². The van der Waals surface area contributed by atoms with Crippen LogP contribution in [0.4, 0.5) is 0 Å². The molecule has 2 fully saturated rings. The van der Waals surface area contributed by atoms with Gasteiger partial charge in [-0.2, -0.15) is 0 Å². The Hall–Kier alpha value is -5.89. The quantitative estimate of drug-likeness (QED) is 0.102. The third-order valence-corrected chi connectivity index (χ3v) is 14.4. The van der Waals surface area contributed by atoms with Gasteiger partial charge in [0.2, 0.25) is 35.4 Å². The summed E-state index contributed by atoms with van der Waals surface area (Å²) >= 11 is 0. The SMILES string of the molecule is CC[C@H](C)[C@H]1NC(=O)[C@@H](NC(=O)[C@@H](CC(C)C)N(C)C(=O)C2C=CCN2)[C@@H](C)OC(=O)[C@H](Cc2ccc(OC)cc2)N(C)C(=O)C2CCCN2C(=O)[C@H](CC(C)C)NC(=O)[C@@H](C)C(=O)[C@H](C(C)C)OC(=O)C[C@@H]1O. The zero-order valence-electron chi connectivity index (χ0n) is 45.7. The Morgan fingerprint density at radius 1 is 0.919 bits per heavy atom. The zero-order chi connectivity index (χ0) is 55.3. The molecule has 0 spiro atoms. The minimum absolute atomic E-state index is 0.0948. The Morgan fingerprint density at radius 3 is 2.15 bits per heavy atom. The number of likely N-dealkylation sites (N-methyl/N-ethyl adjacent to an activating group) is 2. The number of methoxy groups -OCH3 is 1. The summed E-state index contributed by atoms with van der Waals surface area (Å²) in [4.78, 5) is 133. The maximum atomic E-state index is 14.9. The van der Waals surface area contributed by atoms with Crippen LogP contribution in [0.25, 0.3) is 0 Å². The second-order valence-corrected chi connectivity index (χ2v) is 21.4. The first-order chi connectivity index (χ1) is 34.8. The molecule has 3 heterocycles. The van der Waals surface area contributed by atoms with Gasteiger partial charge in [0.05, 0.1) is 31.6 Å². The number of benzene rings is 1. The third-order valence-electron chi connectivity index (χ3n) is 14.4. The van der Waals surface area contributed by atoms with E-state index in [0.29, 0.717) is 30.7 Å². The van der Waals surface area contributed by atoms with Gasteiger partial charge in [0.15, 0.2) is 11.9 Å². The smallest absolute Gasteiger partial charge is 0.329 e. The lowest BCUT2D eigenvalue weighted by molar-refractivity contribution is -0.163. The molecule has 412 valence electrons. The number of ether oxygens (including phenoxy) is 3. The first-order valence-electron chi connectivity index (χ1n) is 26.2. The van der Waals surface area contributed by atoms with Gasteiger partial charge >= 0.3 is 11.9 Å². The highest BCUT2D eigenvalue weighted by Gasteiger charge is 2.45. The second-order valence-electron chi connectivity index (χ2n) is 21.4. The Labute approximate surface area is 436 Å². The van der Waals surface area contributed by atoms with Crippen LogP contribution < -0.4 is 26.0 Å². The third kappa shape index (κ3) is 15.8. The lowest BCUT2D eigenvalue weighted by Gasteiger charge is -2.36. The van der Waals surface area contributed by atoms with Crippen molar-refractivity contribution in [2.45, 2.75) is 175 Å². The number of rotatable bonds is 14. The lowest BCUT2D eigenvalue weighted by Crippen LogP contribution is -2.62. The molecular weight excluding hydrogens is 955 g/mol. The molecule has 2 unspecified atom stereocenters. The van der Waals surface area contributed by atoms with Crippen LogP contribution in [0.1, 0.15) is 113 Å². The number of aliphatic hydroxyl groups excluding tert-OH is 1. The minimum atomic E-state index is -1.68. The largest absolute Gasteiger partial charge is 0.497 e. The average molecular weight is 1040 g/mol. The van der Waals surface area contributed by atoms with Gasteiger partial charge in [-0.15, -0.1) is 0 Å². The maximum Gasteiger partial charge on any atom is 0.329 e. The van der Waals surface area contributed by atoms with Crippen LogP contribution in [0.15, 0.2) is 36.4 Å². The Kier molecular flexibility index (Phi) is 22.6. The van der Waals surface area contributed by atoms with E-state index in [1.54, 1.807) is 64.1 Å². The predicted octanol–water partition coefficient (Wildman–Crippen LogP) is 2.47. The molecule has 74 heavy (non-hydrogen) atoms. The van der Waals surface area contributed by atoms with Crippen LogP contribution in [-0.2, 0) is 59.0 Å². The topological polar surface area (TPSA) is 259 Å². The lowest BCUT2D eigenvalue weighted by atomic mass is 9.91. The molecule has 0 radical (unpaired) electrons. The number of ketones is 1. The van der Waals surface area contributed by atoms with Crippen molar-refractivity contribution in [3.05, 3.63) is 42.0 Å². The van der Waals surface area contributed by atoms with Crippen LogP contribution in [0, 0.1) is 29.6 Å². The minimum Gasteiger partial charge on any atom is -0.497 e. The average Bonchev–Trinajstić information content (AvgIpc) is 4.09. The Balaban J connectivity index is 1.88. The van der Waals surface area contributed by atoms with Gasteiger partial charge < -0.3 is 50.0 Å². The number of aliphatic hydroxyl groups is 1. The van der Waals surface area contributed by atoms with Crippen molar-refractivity contribution >= 4 is 53.2 Å². The van der Waals surface area contributed by atoms with Gasteiger partial charge in [-0.1, -0.05) is 86.1 Å². The number of esters is 2. The van der Waals surface area contributed by atoms with Crippen LogP contribution in [0.2, 0.25) is 0 Å². The molecule has 20 heteroatoms. The van der Waals surface area contributed by atoms with Gasteiger partial charge in [-0.3, -0.25) is 43.7 Å². The van der Waals surface area contributed by atoms with Gasteiger partial charge in [-0.25, -0.2) is 4.79 Å². The van der Waals surface area contributed by atoms with E-state index in [2.05, 4.69) is 21.3 Å². The van der Waals surface area contributed by atoms with Crippen molar-refractivity contribution in [2.24, 2.45) is 29.6 Å². The molecule has 0 aliphatic carbocycles. The molecule has 5 N–H and O–H groups in total. The summed E-state index contributed by atoms with van der Waals surface area (Å²) in [5.41, 5.74) is 0.599. The summed E-state index contributed by atoms with van der Waals surface area (Å²) in [6.07, 6.45) is -0.439. The molecule has 3 aliphatic rings. The molecule has 1 aromatic carbocycles. The highest BCUT2D eigenvalue weighted by molar-refractivity contribution is 6.05. The fourth-order valence-electron chi connectivity index (χ4n) is 9.61. The van der Waals surface area contributed by atoms with Gasteiger partial charge in [0.1, 0.15) is 48.1 Å². The summed E-state index contributed by atoms with van der Waals surface area (Å²) in [6, 6.07) is -1.43. The number of carbonyl (C=O) groups excluding carboxylic acids is 9. The highest BCUT2D eigenvalue weighted by Crippen LogP contribution is 2.26. The van der Waals surface area contributed by atoms with Crippen LogP contribution in [0.3, 0.4) is 0 Å². The second kappa shape index (κ2) is 27.6. The first kappa shape index (κ1) is 60.7. The maximum absolute atomic E-state index is 14.9. The molecule has 6 amide bonds. The Bertz CT molecular complexity index is 2180. The summed E-state index contributed by atoms with van der Waals surface area (Å²) in [7, 11) is 4.42. The number of cyclic esters (lactones) is 2. The predicted molar refractivity (Wildman–Crippen MR) is 275 cm³/mol. The number of fused-ring (bicyclic) bond motifs is 1. The van der Waals surface area contributed by atoms with E-state index in [1.165, 1.54) is 49.8 Å². The molecule has 1 aromatic rings. The van der Waals surface area contributed by atoms with E-state index in [9.17, 15) is 48.3 Å². The summed E-state index contributed by atoms with van der Waals surface area (Å²) in [5.74, 6) is -8.89. The highest BCUT2D eigenvalue weighted by atomic mass is 16.6. The summed E-state index contributed by atoms with van der Waals surface area (Å²) in [5, 5.41) is 23.2. The van der Waals surface area contributed by atoms with Crippen LogP contribution >= 0.6 is 0 Å². The Morgan fingerprint density at radius 2 is 1.58 bits per heavy atom. The molecule has 12 atom stereocenters. The van der Waals surface area contributed by atoms with Crippen molar-refractivity contribution in [1.82, 2.24) is 36.0 Å². The molecule has 3 aliphatic heterocycles. The van der Waals surface area contributed by atoms with Crippen LogP contribution in [0.5, 0.6) is 5.75 Å². The molecule has 20 nitrogen and oxygen atoms in total. The van der Waals surface area contributed by atoms with Crippen molar-refractivity contribution < 1.29 is 62.5 Å². The van der Waals surface area contributed by atoms with E-state index in [0.717, 1.165) is 0 Å². The number of carbonyl (C=O) groups is 9. The molecule has 2 saturated heterocycles. The number of nitrogens with one attached hydrogen (secondary N) is 4. The number of Topliss-reactive ketones (excluding diaryl/α,β-unsaturated/α-hetero) is 1. The van der Waals surface area contributed by atoms with Crippen molar-refractivity contribution in [3.8, 4) is 5.75 Å². The standard InChI is InChI=1S/C54H83N7O13/c1-14-32(8)44-42(62)28-43(63)74-47(31(6)7)46(64)33(9)48(65)56-38(25-29(2)3)52(69)61-24-16-18-39(61)53(70)60(12)41(27-35-19-21-36(72-13)22-20-35)54(71)73-34(10)45(50(67)57-44)58-49(66)40(26-30(4)5)59(11)51(68)37-17-15-23-55-37/h15,17,19-22,29-34,37-42,44-45,47,55,62H,14,16,18,23-28H2,1-13H3,(H,56,65)(H,57,67)(H,58,66)/t32-,33-,34+,37?,38-,39?,40+,41-,42-,44+,45-,47-/m0/s1. The van der Waals surface area contributed by atoms with Crippen LogP contribution in [-0.4, -0.2) is 168 Å². The molecule has 4 rings (SSSR count). The normalized spacial score (nSPS) is 28.1. The van der Waals surface area contributed by atoms with E-state index in [1.807, 2.05) is 27.7 Å². The number of hydrogen-bond donors (Lipinski definition) is 5. The van der Waals surface area contributed by atoms with E-state index in [4.69, 9.17) is 14.2 Å². The van der Waals surface area contributed by atoms with Crippen molar-refractivity contribution in [3.63, 3.8) is 0 Å². The molecular formula is C54H83N7O13. The summed E-state index contributed by atoms with van der Waals surface area (Å²) < 4.78 is 17.2. The fraction of sp³-hybridized carbons (Fsp3) is 0.685. The van der Waals surface area contributed by atoms with E-state index >= 15 is 0 Å². The van der Waals surface area contributed by atoms with Gasteiger partial charge in [0, 0.05) is 33.6 Å². The summed E-state index contributed by atoms with van der Waals surface area (Å²) in [6.45, 7) is 17.6. The van der Waals surface area contributed by atoms with Crippen molar-refractivity contribution in [2.75, 3.05) is 34.3 Å². The van der Waals surface area contributed by atoms with E-state index < -0.39 is 132 Å². The molecule has 0 bridgehead atoms.